The molecular formula is C12H14IN3O2S. The van der Waals surface area contributed by atoms with E-state index in [9.17, 15) is 9.59 Å². The molecule has 0 bridgehead atoms. The summed E-state index contributed by atoms with van der Waals surface area (Å²) in [6.07, 6.45) is 0. The zero-order valence-corrected chi connectivity index (χ0v) is 13.5. The molecular weight excluding hydrogens is 377 g/mol. The second kappa shape index (κ2) is 7.39. The van der Waals surface area contributed by atoms with Crippen LogP contribution in [0.25, 0.3) is 0 Å². The number of benzene rings is 1. The van der Waals surface area contributed by atoms with E-state index in [2.05, 4.69) is 38.8 Å². The maximum absolute atomic E-state index is 11.8. The van der Waals surface area contributed by atoms with E-state index in [0.717, 1.165) is 3.57 Å². The molecule has 0 aliphatic heterocycles. The summed E-state index contributed by atoms with van der Waals surface area (Å²) in [6.45, 7) is 3.51. The lowest BCUT2D eigenvalue weighted by molar-refractivity contribution is -0.122. The molecule has 3 N–H and O–H groups in total. The summed E-state index contributed by atoms with van der Waals surface area (Å²) in [5.41, 5.74) is 5.46. The highest BCUT2D eigenvalue weighted by Crippen LogP contribution is 2.10. The van der Waals surface area contributed by atoms with Crippen molar-refractivity contribution >= 4 is 51.7 Å². The van der Waals surface area contributed by atoms with Crippen molar-refractivity contribution in [1.29, 1.82) is 0 Å². The number of amides is 2. The van der Waals surface area contributed by atoms with Gasteiger partial charge in [-0.2, -0.15) is 0 Å². The van der Waals surface area contributed by atoms with Gasteiger partial charge in [-0.05, 0) is 46.9 Å². The molecule has 1 aromatic rings. The molecule has 0 saturated carbocycles. The van der Waals surface area contributed by atoms with Crippen LogP contribution in [0.2, 0.25) is 0 Å². The third-order valence-corrected chi connectivity index (χ3v) is 3.31. The highest BCUT2D eigenvalue weighted by Gasteiger charge is 2.11. The second-order valence-electron chi connectivity index (χ2n) is 4.03. The summed E-state index contributed by atoms with van der Waals surface area (Å²) in [6, 6.07) is 7.15. The quantitative estimate of drug-likeness (QED) is 0.407. The van der Waals surface area contributed by atoms with Gasteiger partial charge in [-0.25, -0.2) is 0 Å². The Balaban J connectivity index is 2.49. The van der Waals surface area contributed by atoms with Gasteiger partial charge >= 0.3 is 0 Å². The van der Waals surface area contributed by atoms with Gasteiger partial charge in [-0.15, -0.1) is 0 Å². The molecule has 0 spiro atoms. The van der Waals surface area contributed by atoms with Crippen LogP contribution in [0.15, 0.2) is 24.3 Å². The first-order valence-electron chi connectivity index (χ1n) is 5.57. The monoisotopic (exact) mass is 391 g/mol. The van der Waals surface area contributed by atoms with Gasteiger partial charge in [0.15, 0.2) is 5.11 Å². The van der Waals surface area contributed by atoms with Crippen LogP contribution in [-0.4, -0.2) is 16.9 Å². The number of carbonyl (C=O) groups excluding carboxylic acids is 2. The molecule has 1 rings (SSSR count). The van der Waals surface area contributed by atoms with Crippen molar-refractivity contribution in [2.75, 3.05) is 0 Å². The molecule has 1 aromatic carbocycles. The van der Waals surface area contributed by atoms with Crippen molar-refractivity contribution < 1.29 is 9.59 Å². The number of halogens is 1. The van der Waals surface area contributed by atoms with Crippen molar-refractivity contribution in [3.63, 3.8) is 0 Å². The summed E-state index contributed by atoms with van der Waals surface area (Å²) in [5, 5.41) is 2.53. The summed E-state index contributed by atoms with van der Waals surface area (Å²) in [5.74, 6) is -0.697. The maximum Gasteiger partial charge on any atom is 0.270 e. The number of rotatable bonds is 2. The van der Waals surface area contributed by atoms with Crippen molar-refractivity contribution in [3.05, 3.63) is 33.4 Å². The standard InChI is InChI=1S/C12H14IN3O2S/c1-7(2)10(17)14-12(19)16-15-11(18)8-5-3-4-6-9(8)13/h3-7H,1-2H3,(H,15,18)(H2,14,16,17,19). The van der Waals surface area contributed by atoms with Crippen LogP contribution in [-0.2, 0) is 4.79 Å². The topological polar surface area (TPSA) is 70.2 Å². The van der Waals surface area contributed by atoms with E-state index in [1.54, 1.807) is 26.0 Å². The minimum atomic E-state index is -0.314. The lowest BCUT2D eigenvalue weighted by atomic mass is 10.2. The average molecular weight is 391 g/mol. The molecule has 0 saturated heterocycles. The molecule has 0 aliphatic carbocycles. The van der Waals surface area contributed by atoms with Crippen LogP contribution in [0.5, 0.6) is 0 Å². The minimum Gasteiger partial charge on any atom is -0.302 e. The fraction of sp³-hybridized carbons (Fsp3) is 0.250. The maximum atomic E-state index is 11.8. The lowest BCUT2D eigenvalue weighted by Crippen LogP contribution is -2.49. The van der Waals surface area contributed by atoms with Gasteiger partial charge in [0.1, 0.15) is 0 Å². The van der Waals surface area contributed by atoms with Crippen molar-refractivity contribution in [2.24, 2.45) is 5.92 Å². The van der Waals surface area contributed by atoms with E-state index >= 15 is 0 Å². The fourth-order valence-electron chi connectivity index (χ4n) is 1.11. The van der Waals surface area contributed by atoms with Gasteiger partial charge in [0, 0.05) is 9.49 Å². The van der Waals surface area contributed by atoms with Gasteiger partial charge in [-0.3, -0.25) is 20.4 Å². The Morgan fingerprint density at radius 1 is 1.21 bits per heavy atom. The average Bonchev–Trinajstić information content (AvgIpc) is 2.36. The SMILES string of the molecule is CC(C)C(=O)NC(=S)NNC(=O)c1ccccc1I. The Hall–Kier alpha value is -1.22. The largest absolute Gasteiger partial charge is 0.302 e. The Morgan fingerprint density at radius 3 is 2.42 bits per heavy atom. The molecule has 0 heterocycles. The Bertz CT molecular complexity index is 506. The van der Waals surface area contributed by atoms with Gasteiger partial charge in [0.05, 0.1) is 5.56 Å². The molecule has 2 amide bonds. The Labute approximate surface area is 130 Å². The van der Waals surface area contributed by atoms with E-state index in [0.29, 0.717) is 5.56 Å². The molecule has 102 valence electrons. The Morgan fingerprint density at radius 2 is 1.84 bits per heavy atom. The lowest BCUT2D eigenvalue weighted by Gasteiger charge is -2.12. The number of hydrogen-bond donors (Lipinski definition) is 3. The third-order valence-electron chi connectivity index (χ3n) is 2.17. The zero-order chi connectivity index (χ0) is 14.4. The van der Waals surface area contributed by atoms with Crippen molar-refractivity contribution in [2.45, 2.75) is 13.8 Å². The number of hydrogen-bond acceptors (Lipinski definition) is 3. The van der Waals surface area contributed by atoms with Crippen LogP contribution in [0, 0.1) is 9.49 Å². The predicted octanol–water partition coefficient (Wildman–Crippen LogP) is 1.58. The Kier molecular flexibility index (Phi) is 6.16. The van der Waals surface area contributed by atoms with Gasteiger partial charge < -0.3 is 5.32 Å². The smallest absolute Gasteiger partial charge is 0.270 e. The first-order valence-corrected chi connectivity index (χ1v) is 7.06. The number of carbonyl (C=O) groups is 2. The zero-order valence-electron chi connectivity index (χ0n) is 10.5. The van der Waals surface area contributed by atoms with Crippen LogP contribution >= 0.6 is 34.8 Å². The number of nitrogens with one attached hydrogen (secondary N) is 3. The highest BCUT2D eigenvalue weighted by atomic mass is 127. The van der Waals surface area contributed by atoms with E-state index < -0.39 is 0 Å². The van der Waals surface area contributed by atoms with E-state index in [1.807, 2.05) is 12.1 Å². The first-order chi connectivity index (χ1) is 8.91. The second-order valence-corrected chi connectivity index (χ2v) is 5.60. The highest BCUT2D eigenvalue weighted by molar-refractivity contribution is 14.1. The van der Waals surface area contributed by atoms with Gasteiger partial charge in [-0.1, -0.05) is 26.0 Å². The number of thiocarbonyl (C=S) groups is 1. The molecule has 0 unspecified atom stereocenters. The fourth-order valence-corrected chi connectivity index (χ4v) is 1.90. The van der Waals surface area contributed by atoms with Crippen LogP contribution in [0.4, 0.5) is 0 Å². The summed E-state index contributed by atoms with van der Waals surface area (Å²) in [4.78, 5) is 23.2. The van der Waals surface area contributed by atoms with E-state index in [-0.39, 0.29) is 22.8 Å². The molecule has 5 nitrogen and oxygen atoms in total. The molecule has 0 fully saturated rings. The van der Waals surface area contributed by atoms with Crippen molar-refractivity contribution in [1.82, 2.24) is 16.2 Å². The van der Waals surface area contributed by atoms with Gasteiger partial charge in [0.2, 0.25) is 5.91 Å². The summed E-state index contributed by atoms with van der Waals surface area (Å²) >= 11 is 6.96. The summed E-state index contributed by atoms with van der Waals surface area (Å²) < 4.78 is 0.830. The molecule has 0 aliphatic rings. The first kappa shape index (κ1) is 15.8. The summed E-state index contributed by atoms with van der Waals surface area (Å²) in [7, 11) is 0. The van der Waals surface area contributed by atoms with Crippen LogP contribution in [0.1, 0.15) is 24.2 Å². The number of hydrazine groups is 1. The predicted molar refractivity (Wildman–Crippen MR) is 85.3 cm³/mol. The molecule has 0 radical (unpaired) electrons. The van der Waals surface area contributed by atoms with E-state index in [4.69, 9.17) is 12.2 Å². The van der Waals surface area contributed by atoms with Crippen LogP contribution < -0.4 is 16.2 Å². The van der Waals surface area contributed by atoms with Crippen LogP contribution in [0.3, 0.4) is 0 Å². The minimum absolute atomic E-state index is 0.0676. The molecule has 19 heavy (non-hydrogen) atoms. The molecule has 0 aromatic heterocycles. The molecule has 0 atom stereocenters. The molecule has 7 heteroatoms. The van der Waals surface area contributed by atoms with Crippen molar-refractivity contribution in [3.8, 4) is 0 Å². The third kappa shape index (κ3) is 5.11. The van der Waals surface area contributed by atoms with Gasteiger partial charge in [0.25, 0.3) is 5.91 Å². The van der Waals surface area contributed by atoms with E-state index in [1.165, 1.54) is 0 Å². The normalized spacial score (nSPS) is 9.89.